The average molecular weight is 435 g/mol. The minimum Gasteiger partial charge on any atom is -0.293 e. The third kappa shape index (κ3) is 4.14. The van der Waals surface area contributed by atoms with E-state index in [1.807, 2.05) is 30.3 Å². The lowest BCUT2D eigenvalue weighted by molar-refractivity contribution is -0.136. The number of carbonyl (C=O) groups is 1. The van der Waals surface area contributed by atoms with Gasteiger partial charge in [-0.25, -0.2) is 0 Å². The molecule has 3 aliphatic rings. The molecule has 170 valence electrons. The van der Waals surface area contributed by atoms with Gasteiger partial charge < -0.3 is 0 Å². The van der Waals surface area contributed by atoms with Crippen LogP contribution < -0.4 is 0 Å². The first-order valence-electron chi connectivity index (χ1n) is 11.5. The number of alkyl halides is 3. The zero-order valence-electron chi connectivity index (χ0n) is 18.7. The Bertz CT molecular complexity index is 848. The fraction of sp³-hybridized carbons (Fsp3) is 0.680. The summed E-state index contributed by atoms with van der Waals surface area (Å²) < 4.78 is 37.9. The van der Waals surface area contributed by atoms with Crippen molar-refractivity contribution in [1.29, 1.82) is 0 Å². The molecule has 6 heteroatoms. The maximum Gasteiger partial charge on any atom is 0.389 e. The molecule has 0 amide bonds. The Labute approximate surface area is 183 Å². The van der Waals surface area contributed by atoms with Crippen LogP contribution in [0.3, 0.4) is 0 Å². The monoisotopic (exact) mass is 434 g/mol. The van der Waals surface area contributed by atoms with Gasteiger partial charge in [-0.05, 0) is 53.9 Å². The fourth-order valence-corrected chi connectivity index (χ4v) is 6.36. The number of hydrogen-bond donors (Lipinski definition) is 0. The quantitative estimate of drug-likeness (QED) is 0.487. The van der Waals surface area contributed by atoms with Crippen molar-refractivity contribution in [2.45, 2.75) is 77.9 Å². The molecule has 0 N–H and O–H groups in total. The summed E-state index contributed by atoms with van der Waals surface area (Å²) in [4.78, 5) is 13.2. The second-order valence-corrected chi connectivity index (χ2v) is 10.5. The molecule has 0 saturated heterocycles. The van der Waals surface area contributed by atoms with Crippen molar-refractivity contribution in [2.24, 2.45) is 27.8 Å². The highest BCUT2D eigenvalue weighted by molar-refractivity contribution is 6.40. The summed E-state index contributed by atoms with van der Waals surface area (Å²) in [6.07, 6.45) is -0.523. The molecule has 1 heterocycles. The molecule has 4 rings (SSSR count). The van der Waals surface area contributed by atoms with Crippen molar-refractivity contribution in [2.75, 3.05) is 6.54 Å². The van der Waals surface area contributed by atoms with Gasteiger partial charge in [0, 0.05) is 25.8 Å². The second-order valence-electron chi connectivity index (χ2n) is 10.5. The van der Waals surface area contributed by atoms with Crippen LogP contribution in [0.1, 0.15) is 77.3 Å². The molecule has 1 aliphatic heterocycles. The molecule has 1 unspecified atom stereocenters. The predicted molar refractivity (Wildman–Crippen MR) is 116 cm³/mol. The van der Waals surface area contributed by atoms with E-state index in [0.717, 1.165) is 12.0 Å². The number of Topliss-reactive ketones (excluding diaryl/α,β-unsaturated/α-hetero) is 1. The number of benzene rings is 1. The van der Waals surface area contributed by atoms with Gasteiger partial charge in [0.25, 0.3) is 0 Å². The minimum absolute atomic E-state index is 0.0195. The van der Waals surface area contributed by atoms with E-state index in [1.165, 1.54) is 12.8 Å². The SMILES string of the molecule is CC1(C)[C@@H]2CC[C@@]1(C)[C@@H](CC(=O)C1=NN(CCCC(F)(F)F)C(c3ccccc3)C1)C2. The summed E-state index contributed by atoms with van der Waals surface area (Å²) in [6, 6.07) is 9.51. The molecule has 3 nitrogen and oxygen atoms in total. The van der Waals surface area contributed by atoms with E-state index in [0.29, 0.717) is 30.4 Å². The Balaban J connectivity index is 1.47. The highest BCUT2D eigenvalue weighted by atomic mass is 19.4. The summed E-state index contributed by atoms with van der Waals surface area (Å²) >= 11 is 0. The van der Waals surface area contributed by atoms with Gasteiger partial charge >= 0.3 is 6.18 Å². The molecule has 2 saturated carbocycles. The van der Waals surface area contributed by atoms with E-state index in [-0.39, 0.29) is 35.6 Å². The van der Waals surface area contributed by atoms with Crippen LogP contribution in [-0.4, -0.2) is 29.2 Å². The van der Waals surface area contributed by atoms with E-state index in [2.05, 4.69) is 25.9 Å². The van der Waals surface area contributed by atoms with Crippen molar-refractivity contribution in [3.8, 4) is 0 Å². The largest absolute Gasteiger partial charge is 0.389 e. The van der Waals surface area contributed by atoms with Crippen molar-refractivity contribution in [3.63, 3.8) is 0 Å². The predicted octanol–water partition coefficient (Wildman–Crippen LogP) is 6.55. The Morgan fingerprint density at radius 2 is 1.90 bits per heavy atom. The summed E-state index contributed by atoms with van der Waals surface area (Å²) in [5.74, 6) is 1.12. The van der Waals surface area contributed by atoms with Gasteiger partial charge in [0.05, 0.1) is 6.04 Å². The first-order chi connectivity index (χ1) is 14.5. The van der Waals surface area contributed by atoms with Crippen LogP contribution in [0.5, 0.6) is 0 Å². The molecule has 0 radical (unpaired) electrons. The van der Waals surface area contributed by atoms with E-state index in [4.69, 9.17) is 0 Å². The molecule has 0 aromatic heterocycles. The topological polar surface area (TPSA) is 32.7 Å². The van der Waals surface area contributed by atoms with Gasteiger partial charge in [-0.2, -0.15) is 18.3 Å². The third-order valence-electron chi connectivity index (χ3n) is 8.76. The van der Waals surface area contributed by atoms with Crippen molar-refractivity contribution in [3.05, 3.63) is 35.9 Å². The molecule has 1 aromatic carbocycles. The zero-order chi connectivity index (χ0) is 22.4. The van der Waals surface area contributed by atoms with Gasteiger partial charge in [0.1, 0.15) is 5.71 Å². The Morgan fingerprint density at radius 1 is 1.19 bits per heavy atom. The van der Waals surface area contributed by atoms with Crippen LogP contribution in [0.15, 0.2) is 35.4 Å². The third-order valence-corrected chi connectivity index (χ3v) is 8.76. The molecule has 1 aromatic rings. The van der Waals surface area contributed by atoms with Crippen LogP contribution in [-0.2, 0) is 4.79 Å². The number of rotatable bonds is 7. The number of halogens is 3. The van der Waals surface area contributed by atoms with Crippen LogP contribution in [0, 0.1) is 22.7 Å². The number of carbonyl (C=O) groups excluding carboxylic acids is 1. The van der Waals surface area contributed by atoms with Crippen LogP contribution >= 0.6 is 0 Å². The van der Waals surface area contributed by atoms with Crippen LogP contribution in [0.4, 0.5) is 13.2 Å². The molecule has 2 bridgehead atoms. The number of hydrazone groups is 1. The summed E-state index contributed by atoms with van der Waals surface area (Å²) in [5, 5.41) is 6.27. The van der Waals surface area contributed by atoms with Gasteiger partial charge in [-0.1, -0.05) is 51.1 Å². The first kappa shape index (κ1) is 22.3. The average Bonchev–Trinajstić information content (AvgIpc) is 3.27. The van der Waals surface area contributed by atoms with Crippen molar-refractivity contribution in [1.82, 2.24) is 5.01 Å². The number of fused-ring (bicyclic) bond motifs is 2. The molecule has 0 spiro atoms. The fourth-order valence-electron chi connectivity index (χ4n) is 6.36. The Kier molecular flexibility index (Phi) is 5.72. The molecule has 4 atom stereocenters. The molecule has 2 fully saturated rings. The smallest absolute Gasteiger partial charge is 0.293 e. The highest BCUT2D eigenvalue weighted by Gasteiger charge is 2.61. The lowest BCUT2D eigenvalue weighted by Crippen LogP contribution is -2.34. The summed E-state index contributed by atoms with van der Waals surface area (Å²) in [5.41, 5.74) is 1.96. The van der Waals surface area contributed by atoms with Gasteiger partial charge in [0.2, 0.25) is 0 Å². The standard InChI is InChI=1S/C25H33F3N2O/c1-23(2)18-10-12-24(23,3)19(14-18)15-22(31)20-16-21(17-8-5-4-6-9-17)30(29-20)13-7-11-25(26,27)28/h4-6,8-9,18-19,21H,7,10-16H2,1-3H3/t18-,19-,21?,24+/m1/s1. The van der Waals surface area contributed by atoms with Crippen molar-refractivity contribution >= 4 is 11.5 Å². The Morgan fingerprint density at radius 3 is 2.48 bits per heavy atom. The minimum atomic E-state index is -4.17. The summed E-state index contributed by atoms with van der Waals surface area (Å²) in [6.45, 7) is 7.23. The van der Waals surface area contributed by atoms with Gasteiger partial charge in [0.15, 0.2) is 5.78 Å². The van der Waals surface area contributed by atoms with E-state index >= 15 is 0 Å². The van der Waals surface area contributed by atoms with Crippen LogP contribution in [0.2, 0.25) is 0 Å². The lowest BCUT2D eigenvalue weighted by atomic mass is 9.65. The van der Waals surface area contributed by atoms with Crippen LogP contribution in [0.25, 0.3) is 0 Å². The van der Waals surface area contributed by atoms with E-state index in [9.17, 15) is 18.0 Å². The highest BCUT2D eigenvalue weighted by Crippen LogP contribution is 2.68. The van der Waals surface area contributed by atoms with E-state index in [1.54, 1.807) is 5.01 Å². The first-order valence-corrected chi connectivity index (χ1v) is 11.5. The maximum absolute atomic E-state index is 13.2. The molecule has 31 heavy (non-hydrogen) atoms. The van der Waals surface area contributed by atoms with Gasteiger partial charge in [-0.15, -0.1) is 0 Å². The molecule has 2 aliphatic carbocycles. The number of nitrogens with zero attached hydrogens (tertiary/aromatic N) is 2. The molecular formula is C25H33F3N2O. The summed E-state index contributed by atoms with van der Waals surface area (Å²) in [7, 11) is 0. The number of hydrogen-bond acceptors (Lipinski definition) is 3. The second kappa shape index (κ2) is 7.93. The Hall–Kier alpha value is -1.85. The van der Waals surface area contributed by atoms with Gasteiger partial charge in [-0.3, -0.25) is 9.80 Å². The normalized spacial score (nSPS) is 31.9. The molecular weight excluding hydrogens is 401 g/mol. The zero-order valence-corrected chi connectivity index (χ0v) is 18.7. The number of ketones is 1. The van der Waals surface area contributed by atoms with Crippen molar-refractivity contribution < 1.29 is 18.0 Å². The van der Waals surface area contributed by atoms with E-state index < -0.39 is 12.6 Å². The lowest BCUT2D eigenvalue weighted by Gasteiger charge is -2.39. The maximum atomic E-state index is 13.2.